The van der Waals surface area contributed by atoms with Crippen LogP contribution < -0.4 is 0 Å². The standard InChI is InChI=1S/C12H15BrO4/c1-10-7-4-11(13,5-8(10)15-2)9(14)12(10,16-3)17-6-7/h5,7H,4,6H2,1-3H3. The molecule has 3 aliphatic carbocycles. The molecule has 4 atom stereocenters. The lowest BCUT2D eigenvalue weighted by atomic mass is 9.56. The van der Waals surface area contributed by atoms with Crippen LogP contribution >= 0.6 is 15.9 Å². The Labute approximate surface area is 108 Å². The summed E-state index contributed by atoms with van der Waals surface area (Å²) in [6.07, 6.45) is 2.61. The van der Waals surface area contributed by atoms with Crippen molar-refractivity contribution >= 4 is 21.7 Å². The lowest BCUT2D eigenvalue weighted by molar-refractivity contribution is -0.239. The first-order chi connectivity index (χ1) is 7.94. The molecule has 0 aromatic rings. The van der Waals surface area contributed by atoms with E-state index in [1.54, 1.807) is 7.11 Å². The Morgan fingerprint density at radius 3 is 2.82 bits per heavy atom. The van der Waals surface area contributed by atoms with Crippen LogP contribution in [-0.2, 0) is 19.0 Å². The van der Waals surface area contributed by atoms with Crippen LogP contribution in [0, 0.1) is 11.3 Å². The summed E-state index contributed by atoms with van der Waals surface area (Å²) in [4.78, 5) is 12.6. The van der Waals surface area contributed by atoms with E-state index in [0.29, 0.717) is 6.61 Å². The molecule has 94 valence electrons. The average molecular weight is 303 g/mol. The fourth-order valence-corrected chi connectivity index (χ4v) is 4.43. The number of allylic oxidation sites excluding steroid dienone is 1. The molecule has 5 heteroatoms. The number of hydrogen-bond donors (Lipinski definition) is 0. The molecule has 1 saturated heterocycles. The SMILES string of the molecule is COC1=CC2(Br)CC3COC(OC)(C2=O)C13C. The van der Waals surface area contributed by atoms with Crippen molar-refractivity contribution in [2.75, 3.05) is 20.8 Å². The normalized spacial score (nSPS) is 51.6. The number of methoxy groups -OCH3 is 2. The maximum atomic E-state index is 12.6. The zero-order valence-electron chi connectivity index (χ0n) is 10.1. The largest absolute Gasteiger partial charge is 0.501 e. The van der Waals surface area contributed by atoms with E-state index in [4.69, 9.17) is 14.2 Å². The van der Waals surface area contributed by atoms with Gasteiger partial charge in [0.25, 0.3) is 0 Å². The molecule has 1 heterocycles. The first-order valence-electron chi connectivity index (χ1n) is 5.65. The van der Waals surface area contributed by atoms with Crippen molar-refractivity contribution in [3.05, 3.63) is 11.8 Å². The van der Waals surface area contributed by atoms with E-state index in [1.807, 2.05) is 13.0 Å². The Morgan fingerprint density at radius 1 is 1.53 bits per heavy atom. The summed E-state index contributed by atoms with van der Waals surface area (Å²) in [6, 6.07) is 0. The number of rotatable bonds is 2. The number of carbonyl (C=O) groups excluding carboxylic acids is 1. The van der Waals surface area contributed by atoms with Gasteiger partial charge >= 0.3 is 0 Å². The first kappa shape index (κ1) is 11.7. The zero-order valence-corrected chi connectivity index (χ0v) is 11.7. The van der Waals surface area contributed by atoms with Gasteiger partial charge in [0.05, 0.1) is 19.1 Å². The van der Waals surface area contributed by atoms with E-state index >= 15 is 0 Å². The third kappa shape index (κ3) is 1.01. The minimum absolute atomic E-state index is 0.0513. The smallest absolute Gasteiger partial charge is 0.243 e. The van der Waals surface area contributed by atoms with Crippen molar-refractivity contribution in [2.45, 2.75) is 23.5 Å². The van der Waals surface area contributed by atoms with Gasteiger partial charge in [-0.1, -0.05) is 15.9 Å². The summed E-state index contributed by atoms with van der Waals surface area (Å²) in [5, 5.41) is 0. The highest BCUT2D eigenvalue weighted by molar-refractivity contribution is 9.10. The van der Waals surface area contributed by atoms with Crippen molar-refractivity contribution in [3.63, 3.8) is 0 Å². The molecule has 2 fully saturated rings. The Hall–Kier alpha value is -0.390. The van der Waals surface area contributed by atoms with E-state index in [-0.39, 0.29) is 11.7 Å². The molecule has 4 unspecified atom stereocenters. The molecule has 1 aliphatic heterocycles. The molecule has 0 aromatic carbocycles. The van der Waals surface area contributed by atoms with E-state index in [1.165, 1.54) is 7.11 Å². The van der Waals surface area contributed by atoms with E-state index in [9.17, 15) is 4.79 Å². The fraction of sp³-hybridized carbons (Fsp3) is 0.750. The molecule has 0 spiro atoms. The molecule has 4 bridgehead atoms. The molecule has 0 amide bonds. The second kappa shape index (κ2) is 3.13. The maximum Gasteiger partial charge on any atom is 0.243 e. The molecule has 4 nitrogen and oxygen atoms in total. The highest BCUT2D eigenvalue weighted by Crippen LogP contribution is 2.65. The van der Waals surface area contributed by atoms with Crippen molar-refractivity contribution in [3.8, 4) is 0 Å². The van der Waals surface area contributed by atoms with Crippen LogP contribution in [0.15, 0.2) is 11.8 Å². The quantitative estimate of drug-likeness (QED) is 0.727. The summed E-state index contributed by atoms with van der Waals surface area (Å²) in [7, 11) is 3.15. The molecule has 1 saturated carbocycles. The molecule has 0 radical (unpaired) electrons. The highest BCUT2D eigenvalue weighted by atomic mass is 79.9. The molecule has 4 aliphatic rings. The Morgan fingerprint density at radius 2 is 2.24 bits per heavy atom. The van der Waals surface area contributed by atoms with Crippen LogP contribution in [0.2, 0.25) is 0 Å². The van der Waals surface area contributed by atoms with Gasteiger partial charge in [0.2, 0.25) is 11.6 Å². The van der Waals surface area contributed by atoms with E-state index in [0.717, 1.165) is 12.2 Å². The van der Waals surface area contributed by atoms with Gasteiger partial charge in [-0.2, -0.15) is 0 Å². The van der Waals surface area contributed by atoms with Crippen LogP contribution in [0.1, 0.15) is 13.3 Å². The number of halogens is 1. The highest BCUT2D eigenvalue weighted by Gasteiger charge is 2.76. The summed E-state index contributed by atoms with van der Waals surface area (Å²) >= 11 is 3.53. The van der Waals surface area contributed by atoms with Crippen LogP contribution in [0.4, 0.5) is 0 Å². The van der Waals surface area contributed by atoms with Crippen molar-refractivity contribution in [1.82, 2.24) is 0 Å². The van der Waals surface area contributed by atoms with Gasteiger partial charge in [0.1, 0.15) is 10.1 Å². The number of Topliss-reactive ketones (excluding diaryl/α,β-unsaturated/α-hetero) is 1. The second-order valence-electron chi connectivity index (χ2n) is 5.14. The van der Waals surface area contributed by atoms with Gasteiger partial charge in [0.15, 0.2) is 0 Å². The van der Waals surface area contributed by atoms with E-state index in [2.05, 4.69) is 15.9 Å². The van der Waals surface area contributed by atoms with Crippen LogP contribution in [0.5, 0.6) is 0 Å². The van der Waals surface area contributed by atoms with Crippen LogP contribution in [0.3, 0.4) is 0 Å². The molecule has 4 rings (SSSR count). The minimum atomic E-state index is -1.19. The third-order valence-corrected chi connectivity index (χ3v) is 5.50. The van der Waals surface area contributed by atoms with Gasteiger partial charge in [-0.15, -0.1) is 0 Å². The van der Waals surface area contributed by atoms with E-state index < -0.39 is 15.5 Å². The summed E-state index contributed by atoms with van der Waals surface area (Å²) in [5.74, 6) is -0.229. The lowest BCUT2D eigenvalue weighted by Crippen LogP contribution is -2.67. The molecular formula is C12H15BrO4. The van der Waals surface area contributed by atoms with Gasteiger partial charge in [-0.25, -0.2) is 0 Å². The number of carbonyl (C=O) groups is 1. The fourth-order valence-electron chi connectivity index (χ4n) is 3.57. The third-order valence-electron chi connectivity index (χ3n) is 4.59. The Bertz CT molecular complexity index is 434. The number of alkyl halides is 1. The number of ether oxygens (including phenoxy) is 3. The predicted octanol–water partition coefficient (Wildman–Crippen LogP) is 1.63. The number of ketones is 1. The van der Waals surface area contributed by atoms with Gasteiger partial charge in [0, 0.05) is 13.0 Å². The minimum Gasteiger partial charge on any atom is -0.501 e. The summed E-state index contributed by atoms with van der Waals surface area (Å²) in [5.41, 5.74) is -0.511. The van der Waals surface area contributed by atoms with Crippen LogP contribution in [-0.4, -0.2) is 36.7 Å². The monoisotopic (exact) mass is 302 g/mol. The van der Waals surface area contributed by atoms with Crippen molar-refractivity contribution in [2.24, 2.45) is 11.3 Å². The first-order valence-corrected chi connectivity index (χ1v) is 6.44. The summed E-state index contributed by atoms with van der Waals surface area (Å²) < 4.78 is 16.0. The van der Waals surface area contributed by atoms with Crippen LogP contribution in [0.25, 0.3) is 0 Å². The molecule has 17 heavy (non-hydrogen) atoms. The second-order valence-corrected chi connectivity index (χ2v) is 6.55. The Balaban J connectivity index is 2.28. The Kier molecular flexibility index (Phi) is 2.15. The topological polar surface area (TPSA) is 44.8 Å². The maximum absolute atomic E-state index is 12.6. The molecular weight excluding hydrogens is 288 g/mol. The van der Waals surface area contributed by atoms with Crippen molar-refractivity contribution in [1.29, 1.82) is 0 Å². The lowest BCUT2D eigenvalue weighted by Gasteiger charge is -2.54. The van der Waals surface area contributed by atoms with Gasteiger partial charge < -0.3 is 14.2 Å². The predicted molar refractivity (Wildman–Crippen MR) is 63.7 cm³/mol. The average Bonchev–Trinajstić information content (AvgIpc) is 2.55. The zero-order chi connectivity index (χ0) is 12.5. The van der Waals surface area contributed by atoms with Gasteiger partial charge in [-0.05, 0) is 19.4 Å². The summed E-state index contributed by atoms with van der Waals surface area (Å²) in [6.45, 7) is 2.53. The van der Waals surface area contributed by atoms with Crippen molar-refractivity contribution < 1.29 is 19.0 Å². The molecule has 0 N–H and O–H groups in total. The van der Waals surface area contributed by atoms with Gasteiger partial charge in [-0.3, -0.25) is 4.79 Å². The molecule has 0 aromatic heterocycles. The number of hydrogen-bond acceptors (Lipinski definition) is 4.